The molecular weight excluding hydrogens is 226 g/mol. The highest BCUT2D eigenvalue weighted by Gasteiger charge is 2.44. The average molecular weight is 243 g/mol. The first-order chi connectivity index (χ1) is 8.68. The Balaban J connectivity index is 2.19. The number of rotatable bonds is 3. The van der Waals surface area contributed by atoms with E-state index in [4.69, 9.17) is 5.73 Å². The minimum atomic E-state index is -0.0183. The van der Waals surface area contributed by atoms with Crippen molar-refractivity contribution in [1.29, 1.82) is 0 Å². The molecule has 0 unspecified atom stereocenters. The second-order valence-corrected chi connectivity index (χ2v) is 5.06. The topological polar surface area (TPSA) is 52.9 Å². The van der Waals surface area contributed by atoms with Crippen LogP contribution >= 0.6 is 0 Å². The van der Waals surface area contributed by atoms with Crippen molar-refractivity contribution in [3.8, 4) is 5.69 Å². The maximum Gasteiger partial charge on any atom is 0.332 e. The Morgan fingerprint density at radius 3 is 2.56 bits per heavy atom. The van der Waals surface area contributed by atoms with Crippen LogP contribution in [0.1, 0.15) is 18.4 Å². The Bertz CT molecular complexity index is 634. The van der Waals surface area contributed by atoms with E-state index >= 15 is 0 Å². The lowest BCUT2D eigenvalue weighted by atomic mass is 9.94. The third-order valence-electron chi connectivity index (χ3n) is 3.93. The molecule has 0 aliphatic heterocycles. The van der Waals surface area contributed by atoms with Crippen LogP contribution in [-0.2, 0) is 12.5 Å². The maximum atomic E-state index is 12.1. The second kappa shape index (κ2) is 3.85. The lowest BCUT2D eigenvalue weighted by Gasteiger charge is -2.17. The van der Waals surface area contributed by atoms with E-state index < -0.39 is 0 Å². The standard InChI is InChI=1S/C14H17N3O/c1-16-8-9-17(13(16)18)12-5-3-2-4-11(12)14(10-15)6-7-14/h2-5,8-9H,6-7,10,15H2,1H3. The van der Waals surface area contributed by atoms with Crippen LogP contribution < -0.4 is 11.4 Å². The number of para-hydroxylation sites is 1. The number of hydrogen-bond acceptors (Lipinski definition) is 2. The van der Waals surface area contributed by atoms with Gasteiger partial charge in [-0.3, -0.25) is 4.57 Å². The summed E-state index contributed by atoms with van der Waals surface area (Å²) in [6.45, 7) is 0.644. The molecule has 0 atom stereocenters. The molecule has 2 aromatic rings. The van der Waals surface area contributed by atoms with Gasteiger partial charge in [-0.15, -0.1) is 0 Å². The Morgan fingerprint density at radius 2 is 2.00 bits per heavy atom. The van der Waals surface area contributed by atoms with Gasteiger partial charge >= 0.3 is 5.69 Å². The van der Waals surface area contributed by atoms with E-state index in [1.165, 1.54) is 5.56 Å². The first kappa shape index (κ1) is 11.3. The van der Waals surface area contributed by atoms with Gasteiger partial charge in [0.1, 0.15) is 0 Å². The fourth-order valence-corrected chi connectivity index (χ4v) is 2.51. The predicted octanol–water partition coefficient (Wildman–Crippen LogP) is 1.17. The molecule has 1 aliphatic carbocycles. The number of nitrogens with zero attached hydrogens (tertiary/aromatic N) is 2. The van der Waals surface area contributed by atoms with Crippen LogP contribution in [0.4, 0.5) is 0 Å². The zero-order valence-corrected chi connectivity index (χ0v) is 10.5. The van der Waals surface area contributed by atoms with E-state index in [1.54, 1.807) is 22.4 Å². The van der Waals surface area contributed by atoms with Crippen molar-refractivity contribution >= 4 is 0 Å². The summed E-state index contributed by atoms with van der Waals surface area (Å²) in [5.41, 5.74) is 8.13. The molecule has 0 amide bonds. The first-order valence-electron chi connectivity index (χ1n) is 6.22. The van der Waals surface area contributed by atoms with E-state index in [2.05, 4.69) is 6.07 Å². The molecule has 1 aliphatic rings. The van der Waals surface area contributed by atoms with Crippen LogP contribution in [0, 0.1) is 0 Å². The smallest absolute Gasteiger partial charge is 0.330 e. The Hall–Kier alpha value is -1.81. The molecule has 3 rings (SSSR count). The van der Waals surface area contributed by atoms with Crippen LogP contribution in [0.5, 0.6) is 0 Å². The van der Waals surface area contributed by atoms with Gasteiger partial charge in [-0.2, -0.15) is 0 Å². The van der Waals surface area contributed by atoms with Crippen LogP contribution in [-0.4, -0.2) is 15.7 Å². The predicted molar refractivity (Wildman–Crippen MR) is 71.0 cm³/mol. The summed E-state index contributed by atoms with van der Waals surface area (Å²) < 4.78 is 3.28. The second-order valence-electron chi connectivity index (χ2n) is 5.06. The summed E-state index contributed by atoms with van der Waals surface area (Å²) in [7, 11) is 1.76. The molecule has 0 bridgehead atoms. The van der Waals surface area contributed by atoms with Gasteiger partial charge in [-0.25, -0.2) is 4.79 Å². The number of nitrogens with two attached hydrogens (primary N) is 1. The first-order valence-corrected chi connectivity index (χ1v) is 6.22. The minimum Gasteiger partial charge on any atom is -0.330 e. The van der Waals surface area contributed by atoms with E-state index in [9.17, 15) is 4.79 Å². The van der Waals surface area contributed by atoms with Crippen molar-refractivity contribution < 1.29 is 0 Å². The van der Waals surface area contributed by atoms with Crippen molar-refractivity contribution in [3.63, 3.8) is 0 Å². The van der Waals surface area contributed by atoms with Crippen molar-refractivity contribution in [2.75, 3.05) is 6.54 Å². The van der Waals surface area contributed by atoms with Gasteiger partial charge in [0, 0.05) is 31.4 Å². The molecule has 0 radical (unpaired) electrons. The third-order valence-corrected chi connectivity index (χ3v) is 3.93. The summed E-state index contributed by atoms with van der Waals surface area (Å²) in [6.07, 6.45) is 5.82. The van der Waals surface area contributed by atoms with Gasteiger partial charge in [0.2, 0.25) is 0 Å². The Labute approximate surface area is 106 Å². The zero-order valence-electron chi connectivity index (χ0n) is 10.5. The fourth-order valence-electron chi connectivity index (χ4n) is 2.51. The maximum absolute atomic E-state index is 12.1. The molecule has 1 saturated carbocycles. The fraction of sp³-hybridized carbons (Fsp3) is 0.357. The number of aromatic nitrogens is 2. The molecule has 1 aromatic carbocycles. The molecule has 4 heteroatoms. The van der Waals surface area contributed by atoms with Gasteiger partial charge in [0.15, 0.2) is 0 Å². The van der Waals surface area contributed by atoms with E-state index in [1.807, 2.05) is 24.4 Å². The van der Waals surface area contributed by atoms with Gasteiger partial charge in [0.05, 0.1) is 5.69 Å². The van der Waals surface area contributed by atoms with Crippen LogP contribution in [0.25, 0.3) is 5.69 Å². The van der Waals surface area contributed by atoms with Crippen LogP contribution in [0.2, 0.25) is 0 Å². The molecule has 1 heterocycles. The SMILES string of the molecule is Cn1ccn(-c2ccccc2C2(CN)CC2)c1=O. The lowest BCUT2D eigenvalue weighted by molar-refractivity contribution is 0.694. The number of imidazole rings is 1. The molecule has 18 heavy (non-hydrogen) atoms. The highest BCUT2D eigenvalue weighted by atomic mass is 16.1. The normalized spacial score (nSPS) is 16.8. The third kappa shape index (κ3) is 1.53. The molecule has 4 nitrogen and oxygen atoms in total. The number of aryl methyl sites for hydroxylation is 1. The molecule has 94 valence electrons. The van der Waals surface area contributed by atoms with Crippen molar-refractivity contribution in [2.24, 2.45) is 12.8 Å². The van der Waals surface area contributed by atoms with Gasteiger partial charge < -0.3 is 10.3 Å². The molecule has 1 aromatic heterocycles. The molecule has 0 spiro atoms. The van der Waals surface area contributed by atoms with Gasteiger partial charge in [0.25, 0.3) is 0 Å². The number of hydrogen-bond donors (Lipinski definition) is 1. The molecule has 0 saturated heterocycles. The quantitative estimate of drug-likeness (QED) is 0.879. The Morgan fingerprint density at radius 1 is 1.28 bits per heavy atom. The van der Waals surface area contributed by atoms with Gasteiger partial charge in [-0.1, -0.05) is 18.2 Å². The van der Waals surface area contributed by atoms with Gasteiger partial charge in [-0.05, 0) is 24.5 Å². The zero-order chi connectivity index (χ0) is 12.8. The Kier molecular flexibility index (Phi) is 2.41. The summed E-state index contributed by atoms with van der Waals surface area (Å²) in [5.74, 6) is 0. The summed E-state index contributed by atoms with van der Waals surface area (Å²) >= 11 is 0. The summed E-state index contributed by atoms with van der Waals surface area (Å²) in [4.78, 5) is 12.1. The van der Waals surface area contributed by atoms with E-state index in [-0.39, 0.29) is 11.1 Å². The number of benzene rings is 1. The summed E-state index contributed by atoms with van der Waals surface area (Å²) in [6, 6.07) is 8.06. The van der Waals surface area contributed by atoms with E-state index in [0.717, 1.165) is 18.5 Å². The minimum absolute atomic E-state index is 0.0183. The highest BCUT2D eigenvalue weighted by Crippen LogP contribution is 2.48. The van der Waals surface area contributed by atoms with Crippen molar-refractivity contribution in [3.05, 3.63) is 52.7 Å². The molecule has 1 fully saturated rings. The van der Waals surface area contributed by atoms with Crippen molar-refractivity contribution in [1.82, 2.24) is 9.13 Å². The molecular formula is C14H17N3O. The largest absolute Gasteiger partial charge is 0.332 e. The lowest BCUT2D eigenvalue weighted by Crippen LogP contribution is -2.25. The van der Waals surface area contributed by atoms with Crippen LogP contribution in [0.3, 0.4) is 0 Å². The van der Waals surface area contributed by atoms with Crippen LogP contribution in [0.15, 0.2) is 41.5 Å². The highest BCUT2D eigenvalue weighted by molar-refractivity contribution is 5.48. The monoisotopic (exact) mass is 243 g/mol. The summed E-state index contributed by atoms with van der Waals surface area (Å²) in [5, 5.41) is 0. The van der Waals surface area contributed by atoms with E-state index in [0.29, 0.717) is 6.54 Å². The molecule has 2 N–H and O–H groups in total. The average Bonchev–Trinajstić information content (AvgIpc) is 3.13. The van der Waals surface area contributed by atoms with Crippen molar-refractivity contribution in [2.45, 2.75) is 18.3 Å².